The predicted molar refractivity (Wildman–Crippen MR) is 117 cm³/mol. The number of rotatable bonds is 15. The summed E-state index contributed by atoms with van der Waals surface area (Å²) in [5.41, 5.74) is 1.48. The molecule has 2 nitrogen and oxygen atoms in total. The maximum Gasteiger partial charge on any atom is 0.0948 e. The van der Waals surface area contributed by atoms with Gasteiger partial charge in [-0.25, -0.2) is 4.98 Å². The molecule has 0 fully saturated rings. The smallest absolute Gasteiger partial charge is 0.0948 e. The Bertz CT molecular complexity index is 561. The molecule has 0 aliphatic rings. The van der Waals surface area contributed by atoms with E-state index in [0.717, 1.165) is 0 Å². The molecule has 0 radical (unpaired) electrons. The normalized spacial score (nSPS) is 13.6. The molecule has 0 aliphatic heterocycles. The van der Waals surface area contributed by atoms with E-state index in [0.29, 0.717) is 12.0 Å². The molecule has 2 heteroatoms. The van der Waals surface area contributed by atoms with Crippen LogP contribution in [0.1, 0.15) is 96.1 Å². The van der Waals surface area contributed by atoms with Crippen molar-refractivity contribution >= 4 is 0 Å². The Balaban J connectivity index is 2.04. The first-order valence-corrected chi connectivity index (χ1v) is 11.4. The van der Waals surface area contributed by atoms with Crippen molar-refractivity contribution in [3.8, 4) is 0 Å². The molecule has 0 N–H and O–H groups in total. The van der Waals surface area contributed by atoms with Gasteiger partial charge in [0.15, 0.2) is 0 Å². The van der Waals surface area contributed by atoms with E-state index in [1.165, 1.54) is 82.6 Å². The average molecular weight is 369 g/mol. The van der Waals surface area contributed by atoms with Crippen LogP contribution in [0.3, 0.4) is 0 Å². The molecule has 1 aromatic carbocycles. The van der Waals surface area contributed by atoms with E-state index < -0.39 is 0 Å². The first-order valence-electron chi connectivity index (χ1n) is 11.4. The van der Waals surface area contributed by atoms with Gasteiger partial charge in [0.1, 0.15) is 0 Å². The highest BCUT2D eigenvalue weighted by Crippen LogP contribution is 2.32. The summed E-state index contributed by atoms with van der Waals surface area (Å²) >= 11 is 0. The highest BCUT2D eigenvalue weighted by molar-refractivity contribution is 5.15. The average Bonchev–Trinajstić information content (AvgIpc) is 3.22. The van der Waals surface area contributed by atoms with Crippen LogP contribution in [0.15, 0.2) is 49.1 Å². The second kappa shape index (κ2) is 13.6. The van der Waals surface area contributed by atoms with Crippen molar-refractivity contribution in [2.24, 2.45) is 5.92 Å². The number of hydrogen-bond acceptors (Lipinski definition) is 1. The quantitative estimate of drug-likeness (QED) is 0.296. The van der Waals surface area contributed by atoms with Crippen LogP contribution in [-0.4, -0.2) is 9.55 Å². The third kappa shape index (κ3) is 8.32. The summed E-state index contributed by atoms with van der Waals surface area (Å²) in [7, 11) is 0. The summed E-state index contributed by atoms with van der Waals surface area (Å²) < 4.78 is 2.39. The Morgan fingerprint density at radius 1 is 0.815 bits per heavy atom. The van der Waals surface area contributed by atoms with Gasteiger partial charge in [0.05, 0.1) is 6.33 Å². The van der Waals surface area contributed by atoms with Crippen LogP contribution in [0.4, 0.5) is 0 Å². The minimum absolute atomic E-state index is 0.579. The Morgan fingerprint density at radius 2 is 1.48 bits per heavy atom. The van der Waals surface area contributed by atoms with Gasteiger partial charge in [-0.2, -0.15) is 0 Å². The first-order chi connectivity index (χ1) is 13.3. The maximum atomic E-state index is 4.36. The van der Waals surface area contributed by atoms with Crippen LogP contribution < -0.4 is 0 Å². The third-order valence-electron chi connectivity index (χ3n) is 5.82. The lowest BCUT2D eigenvalue weighted by molar-refractivity contribution is 0.275. The second-order valence-electron chi connectivity index (χ2n) is 8.08. The molecule has 0 saturated carbocycles. The van der Waals surface area contributed by atoms with Gasteiger partial charge in [0, 0.05) is 18.4 Å². The van der Waals surface area contributed by atoms with E-state index in [-0.39, 0.29) is 0 Å². The minimum Gasteiger partial charge on any atom is -0.334 e. The zero-order valence-corrected chi connectivity index (χ0v) is 17.7. The molecule has 0 bridgehead atoms. The van der Waals surface area contributed by atoms with Crippen LogP contribution in [-0.2, 0) is 6.42 Å². The summed E-state index contributed by atoms with van der Waals surface area (Å²) in [4.78, 5) is 4.36. The van der Waals surface area contributed by atoms with Crippen molar-refractivity contribution in [1.29, 1.82) is 0 Å². The van der Waals surface area contributed by atoms with E-state index in [2.05, 4.69) is 59.9 Å². The third-order valence-corrected chi connectivity index (χ3v) is 5.82. The van der Waals surface area contributed by atoms with Crippen molar-refractivity contribution in [1.82, 2.24) is 9.55 Å². The summed E-state index contributed by atoms with van der Waals surface area (Å²) in [5, 5.41) is 0. The van der Waals surface area contributed by atoms with Crippen molar-refractivity contribution in [3.63, 3.8) is 0 Å². The summed E-state index contributed by atoms with van der Waals surface area (Å²) in [6, 6.07) is 11.7. The number of nitrogens with zero attached hydrogens (tertiary/aromatic N) is 2. The summed E-state index contributed by atoms with van der Waals surface area (Å²) in [6.07, 6.45) is 22.1. The van der Waals surface area contributed by atoms with Gasteiger partial charge in [0.25, 0.3) is 0 Å². The fraction of sp³-hybridized carbons (Fsp3) is 0.640. The van der Waals surface area contributed by atoms with Gasteiger partial charge < -0.3 is 4.57 Å². The van der Waals surface area contributed by atoms with Crippen LogP contribution >= 0.6 is 0 Å². The highest BCUT2D eigenvalue weighted by Gasteiger charge is 2.22. The molecule has 0 amide bonds. The molecule has 2 unspecified atom stereocenters. The molecular weight excluding hydrogens is 328 g/mol. The van der Waals surface area contributed by atoms with Gasteiger partial charge in [-0.05, 0) is 30.7 Å². The van der Waals surface area contributed by atoms with Crippen molar-refractivity contribution < 1.29 is 0 Å². The highest BCUT2D eigenvalue weighted by atomic mass is 15.1. The van der Waals surface area contributed by atoms with Gasteiger partial charge in [-0.1, -0.05) is 102 Å². The Kier molecular flexibility index (Phi) is 10.9. The van der Waals surface area contributed by atoms with Gasteiger partial charge >= 0.3 is 0 Å². The number of benzene rings is 1. The molecule has 0 spiro atoms. The Morgan fingerprint density at radius 3 is 2.15 bits per heavy atom. The van der Waals surface area contributed by atoms with Crippen molar-refractivity contribution in [2.75, 3.05) is 0 Å². The lowest BCUT2D eigenvalue weighted by Gasteiger charge is -2.29. The Labute approximate surface area is 167 Å². The van der Waals surface area contributed by atoms with Crippen LogP contribution in [0.5, 0.6) is 0 Å². The van der Waals surface area contributed by atoms with Gasteiger partial charge in [-0.3, -0.25) is 0 Å². The fourth-order valence-corrected chi connectivity index (χ4v) is 4.23. The summed E-state index contributed by atoms with van der Waals surface area (Å²) in [5.74, 6) is 0.699. The van der Waals surface area contributed by atoms with Gasteiger partial charge in [-0.15, -0.1) is 0 Å². The molecule has 27 heavy (non-hydrogen) atoms. The zero-order valence-electron chi connectivity index (χ0n) is 17.7. The molecular formula is C25H40N2. The SMILES string of the molecule is CCCCCCCC(Cc1ccccc1)C(CCCCCC)n1ccnc1. The predicted octanol–water partition coefficient (Wildman–Crippen LogP) is 7.61. The zero-order chi connectivity index (χ0) is 19.2. The van der Waals surface area contributed by atoms with Crippen LogP contribution in [0, 0.1) is 5.92 Å². The summed E-state index contributed by atoms with van der Waals surface area (Å²) in [6.45, 7) is 4.59. The number of unbranched alkanes of at least 4 members (excludes halogenated alkanes) is 7. The second-order valence-corrected chi connectivity index (χ2v) is 8.08. The molecule has 2 atom stereocenters. The molecule has 0 saturated heterocycles. The maximum absolute atomic E-state index is 4.36. The molecule has 1 aromatic heterocycles. The monoisotopic (exact) mass is 368 g/mol. The lowest BCUT2D eigenvalue weighted by Crippen LogP contribution is -2.21. The minimum atomic E-state index is 0.579. The van der Waals surface area contributed by atoms with Crippen LogP contribution in [0.2, 0.25) is 0 Å². The molecule has 1 heterocycles. The van der Waals surface area contributed by atoms with E-state index in [9.17, 15) is 0 Å². The Hall–Kier alpha value is -1.57. The van der Waals surface area contributed by atoms with Gasteiger partial charge in [0.2, 0.25) is 0 Å². The van der Waals surface area contributed by atoms with E-state index in [4.69, 9.17) is 0 Å². The number of hydrogen-bond donors (Lipinski definition) is 0. The number of imidazole rings is 1. The standard InChI is InChI=1S/C25H40N2/c1-3-5-7-9-13-17-24(21-23-15-11-10-12-16-23)25(18-14-8-6-4-2)27-20-19-26-22-27/h10-12,15-16,19-20,22,24-25H,3-9,13-14,17-18,21H2,1-2H3. The number of aromatic nitrogens is 2. The van der Waals surface area contributed by atoms with E-state index in [1.807, 2.05) is 12.5 Å². The molecule has 150 valence electrons. The van der Waals surface area contributed by atoms with Crippen molar-refractivity contribution in [3.05, 3.63) is 54.6 Å². The molecule has 0 aliphatic carbocycles. The van der Waals surface area contributed by atoms with E-state index >= 15 is 0 Å². The van der Waals surface area contributed by atoms with E-state index in [1.54, 1.807) is 0 Å². The lowest BCUT2D eigenvalue weighted by atomic mass is 9.84. The largest absolute Gasteiger partial charge is 0.334 e. The van der Waals surface area contributed by atoms with Crippen molar-refractivity contribution in [2.45, 2.75) is 96.9 Å². The topological polar surface area (TPSA) is 17.8 Å². The molecule has 2 aromatic rings. The van der Waals surface area contributed by atoms with Crippen LogP contribution in [0.25, 0.3) is 0 Å². The molecule has 2 rings (SSSR count). The fourth-order valence-electron chi connectivity index (χ4n) is 4.23. The first kappa shape index (κ1) is 21.7.